The number of nitro benzene ring substituents is 1. The number of nitrogens with zero attached hydrogens (tertiary/aromatic N) is 1. The highest BCUT2D eigenvalue weighted by atomic mass is 16.6. The number of carbonyl (C=O) groups is 1. The molecule has 1 heterocycles. The largest absolute Gasteiger partial charge is 0.496 e. The topological polar surface area (TPSA) is 97.1 Å². The molecule has 0 fully saturated rings. The highest BCUT2D eigenvalue weighted by molar-refractivity contribution is 5.71. The average Bonchev–Trinajstić information content (AvgIpc) is 2.98. The summed E-state index contributed by atoms with van der Waals surface area (Å²) in [5.74, 6) is 0.910. The van der Waals surface area contributed by atoms with Crippen LogP contribution in [0.1, 0.15) is 25.0 Å². The van der Waals surface area contributed by atoms with E-state index in [0.717, 1.165) is 12.0 Å². The summed E-state index contributed by atoms with van der Waals surface area (Å²) in [6.45, 7) is 3.50. The Morgan fingerprint density at radius 3 is 2.75 bits per heavy atom. The molecule has 148 valence electrons. The Hall–Kier alpha value is -3.29. The van der Waals surface area contributed by atoms with Crippen molar-refractivity contribution in [2.24, 2.45) is 0 Å². The Morgan fingerprint density at radius 1 is 1.25 bits per heavy atom. The molecule has 0 bridgehead atoms. The maximum atomic E-state index is 12.1. The van der Waals surface area contributed by atoms with Gasteiger partial charge in [-0.25, -0.2) is 4.79 Å². The Balaban J connectivity index is 1.60. The molecule has 0 aliphatic carbocycles. The van der Waals surface area contributed by atoms with E-state index in [1.807, 2.05) is 26.0 Å². The van der Waals surface area contributed by atoms with E-state index in [2.05, 4.69) is 0 Å². The molecule has 0 saturated carbocycles. The quantitative estimate of drug-likeness (QED) is 0.408. The fourth-order valence-electron chi connectivity index (χ4n) is 3.03. The summed E-state index contributed by atoms with van der Waals surface area (Å²) in [6.07, 6.45) is 0.760. The van der Waals surface area contributed by atoms with Crippen LogP contribution < -0.4 is 14.2 Å². The first-order chi connectivity index (χ1) is 13.3. The number of hydrogen-bond donors (Lipinski definition) is 0. The van der Waals surface area contributed by atoms with Crippen LogP contribution in [0.3, 0.4) is 0 Å². The zero-order valence-electron chi connectivity index (χ0n) is 15.9. The molecule has 8 nitrogen and oxygen atoms in total. The van der Waals surface area contributed by atoms with Gasteiger partial charge in [0.25, 0.3) is 5.69 Å². The lowest BCUT2D eigenvalue weighted by molar-refractivity contribution is -0.385. The van der Waals surface area contributed by atoms with Crippen molar-refractivity contribution in [2.45, 2.75) is 32.5 Å². The molecule has 0 amide bonds. The van der Waals surface area contributed by atoms with Gasteiger partial charge in [-0.1, -0.05) is 12.1 Å². The van der Waals surface area contributed by atoms with E-state index in [1.165, 1.54) is 25.3 Å². The molecule has 0 spiro atoms. The van der Waals surface area contributed by atoms with E-state index in [1.54, 1.807) is 6.07 Å². The Kier molecular flexibility index (Phi) is 5.39. The molecule has 1 aliphatic heterocycles. The minimum Gasteiger partial charge on any atom is -0.496 e. The second-order valence-corrected chi connectivity index (χ2v) is 6.99. The minimum atomic E-state index is -0.608. The summed E-state index contributed by atoms with van der Waals surface area (Å²) < 4.78 is 21.8. The summed E-state index contributed by atoms with van der Waals surface area (Å²) >= 11 is 0. The lowest BCUT2D eigenvalue weighted by Crippen LogP contribution is -2.24. The molecule has 0 unspecified atom stereocenters. The first-order valence-electron chi connectivity index (χ1n) is 8.70. The second-order valence-electron chi connectivity index (χ2n) is 6.99. The predicted octanol–water partition coefficient (Wildman–Crippen LogP) is 3.44. The molecule has 3 rings (SSSR count). The maximum Gasteiger partial charge on any atom is 0.344 e. The van der Waals surface area contributed by atoms with Crippen molar-refractivity contribution in [3.05, 3.63) is 57.6 Å². The molecule has 1 aliphatic rings. The molecule has 28 heavy (non-hydrogen) atoms. The van der Waals surface area contributed by atoms with Gasteiger partial charge in [0.2, 0.25) is 0 Å². The average molecular weight is 387 g/mol. The minimum absolute atomic E-state index is 0.109. The van der Waals surface area contributed by atoms with Gasteiger partial charge in [-0.05, 0) is 26.0 Å². The molecule has 0 aromatic heterocycles. The van der Waals surface area contributed by atoms with E-state index >= 15 is 0 Å². The predicted molar refractivity (Wildman–Crippen MR) is 99.8 cm³/mol. The van der Waals surface area contributed by atoms with Crippen molar-refractivity contribution >= 4 is 11.7 Å². The van der Waals surface area contributed by atoms with Crippen LogP contribution in [0.2, 0.25) is 0 Å². The molecular weight excluding hydrogens is 366 g/mol. The van der Waals surface area contributed by atoms with Gasteiger partial charge in [-0.15, -0.1) is 0 Å². The highest BCUT2D eigenvalue weighted by Crippen LogP contribution is 2.41. The van der Waals surface area contributed by atoms with Gasteiger partial charge in [0, 0.05) is 29.7 Å². The molecule has 0 atom stereocenters. The number of benzene rings is 2. The van der Waals surface area contributed by atoms with Gasteiger partial charge < -0.3 is 18.9 Å². The van der Waals surface area contributed by atoms with Gasteiger partial charge >= 0.3 is 5.97 Å². The van der Waals surface area contributed by atoms with E-state index < -0.39 is 10.9 Å². The number of rotatable bonds is 7. The zero-order chi connectivity index (χ0) is 20.3. The van der Waals surface area contributed by atoms with Crippen LogP contribution in [-0.2, 0) is 22.6 Å². The van der Waals surface area contributed by atoms with Crippen LogP contribution >= 0.6 is 0 Å². The Bertz CT molecular complexity index is 907. The van der Waals surface area contributed by atoms with E-state index in [0.29, 0.717) is 22.8 Å². The lowest BCUT2D eigenvalue weighted by atomic mass is 10.0. The molecule has 8 heteroatoms. The van der Waals surface area contributed by atoms with Crippen LogP contribution in [0.5, 0.6) is 17.2 Å². The van der Waals surface area contributed by atoms with Crippen molar-refractivity contribution < 1.29 is 28.7 Å². The SMILES string of the molecule is COc1ccc([N+](=O)[O-])cc1COC(=O)COc1cccc2c1OC(C)(C)C2. The van der Waals surface area contributed by atoms with E-state index in [9.17, 15) is 14.9 Å². The lowest BCUT2D eigenvalue weighted by Gasteiger charge is -2.18. The molecule has 0 radical (unpaired) electrons. The van der Waals surface area contributed by atoms with Crippen LogP contribution in [-0.4, -0.2) is 30.2 Å². The number of fused-ring (bicyclic) bond motifs is 1. The third-order valence-electron chi connectivity index (χ3n) is 4.26. The second kappa shape index (κ2) is 7.75. The van der Waals surface area contributed by atoms with Gasteiger partial charge in [0.1, 0.15) is 18.0 Å². The van der Waals surface area contributed by atoms with Gasteiger partial charge in [0.05, 0.1) is 12.0 Å². The zero-order valence-corrected chi connectivity index (χ0v) is 15.9. The molecule has 2 aromatic rings. The summed E-state index contributed by atoms with van der Waals surface area (Å²) in [5.41, 5.74) is 0.997. The van der Waals surface area contributed by atoms with Gasteiger partial charge in [-0.2, -0.15) is 0 Å². The van der Waals surface area contributed by atoms with Crippen molar-refractivity contribution in [2.75, 3.05) is 13.7 Å². The van der Waals surface area contributed by atoms with Crippen molar-refractivity contribution in [3.8, 4) is 17.2 Å². The first kappa shape index (κ1) is 19.5. The van der Waals surface area contributed by atoms with Crippen LogP contribution in [0.15, 0.2) is 36.4 Å². The van der Waals surface area contributed by atoms with Crippen molar-refractivity contribution in [1.29, 1.82) is 0 Å². The Labute approximate surface area is 162 Å². The van der Waals surface area contributed by atoms with Gasteiger partial charge in [0.15, 0.2) is 18.1 Å². The summed E-state index contributed by atoms with van der Waals surface area (Å²) in [4.78, 5) is 22.5. The summed E-state index contributed by atoms with van der Waals surface area (Å²) in [7, 11) is 1.44. The molecule has 0 N–H and O–H groups in total. The number of ether oxygens (including phenoxy) is 4. The van der Waals surface area contributed by atoms with Crippen molar-refractivity contribution in [1.82, 2.24) is 0 Å². The van der Waals surface area contributed by atoms with Gasteiger partial charge in [-0.3, -0.25) is 10.1 Å². The number of esters is 1. The number of carbonyl (C=O) groups excluding carboxylic acids is 1. The van der Waals surface area contributed by atoms with Crippen LogP contribution in [0, 0.1) is 10.1 Å². The summed E-state index contributed by atoms with van der Waals surface area (Å²) in [6, 6.07) is 9.64. The number of para-hydroxylation sites is 1. The number of methoxy groups -OCH3 is 1. The van der Waals surface area contributed by atoms with Crippen LogP contribution in [0.4, 0.5) is 5.69 Å². The van der Waals surface area contributed by atoms with E-state index in [-0.39, 0.29) is 24.5 Å². The van der Waals surface area contributed by atoms with E-state index in [4.69, 9.17) is 18.9 Å². The molecule has 2 aromatic carbocycles. The number of non-ortho nitro benzene ring substituents is 1. The third-order valence-corrected chi connectivity index (χ3v) is 4.26. The molecule has 0 saturated heterocycles. The highest BCUT2D eigenvalue weighted by Gasteiger charge is 2.32. The number of nitro groups is 1. The Morgan fingerprint density at radius 2 is 2.04 bits per heavy atom. The third kappa shape index (κ3) is 4.33. The standard InChI is InChI=1S/C20H21NO7/c1-20(2)10-13-5-4-6-17(19(13)28-20)26-12-18(22)27-11-14-9-15(21(23)24)7-8-16(14)25-3/h4-9H,10-12H2,1-3H3. The fourth-order valence-corrected chi connectivity index (χ4v) is 3.03. The summed E-state index contributed by atoms with van der Waals surface area (Å²) in [5, 5.41) is 10.9. The first-order valence-corrected chi connectivity index (χ1v) is 8.70. The van der Waals surface area contributed by atoms with Crippen LogP contribution in [0.25, 0.3) is 0 Å². The smallest absolute Gasteiger partial charge is 0.344 e. The fraction of sp³-hybridized carbons (Fsp3) is 0.350. The molecular formula is C20H21NO7. The monoisotopic (exact) mass is 387 g/mol. The maximum absolute atomic E-state index is 12.1. The number of hydrogen-bond acceptors (Lipinski definition) is 7. The van der Waals surface area contributed by atoms with Crippen molar-refractivity contribution in [3.63, 3.8) is 0 Å². The normalized spacial score (nSPS) is 14.0.